The molecule has 38 heavy (non-hydrogen) atoms. The highest BCUT2D eigenvalue weighted by Crippen LogP contribution is 2.32. The fraction of sp³-hybridized carbons (Fsp3) is 0.375. The number of aromatic nitrogens is 6. The maximum atomic E-state index is 14.0. The summed E-state index contributed by atoms with van der Waals surface area (Å²) in [6.45, 7) is 0.853. The summed E-state index contributed by atoms with van der Waals surface area (Å²) in [6.07, 6.45) is 2.36. The first-order valence-corrected chi connectivity index (χ1v) is 11.9. The van der Waals surface area contributed by atoms with Crippen molar-refractivity contribution in [2.75, 3.05) is 25.1 Å². The monoisotopic (exact) mass is 528 g/mol. The molecule has 2 aliphatic rings. The van der Waals surface area contributed by atoms with Gasteiger partial charge in [0.25, 0.3) is 5.56 Å². The van der Waals surface area contributed by atoms with Crippen LogP contribution in [-0.4, -0.2) is 61.2 Å². The van der Waals surface area contributed by atoms with Gasteiger partial charge < -0.3 is 15.0 Å². The standard InChI is InChI=1S/C24H23F3N8O3/c1-32-11-29-18(31-32)10-35-23(36)20-17(34(24(35)37)8-12-3-15(25)21(27)16(26)4-12)6-19(30-22(20)38-2)33-9-13-5-14(33)7-28-13/h3-4,6,11,13-14,28H,5,7-10H2,1-2H3/t13-,14-/m1/s1. The average Bonchev–Trinajstić information content (AvgIpc) is 3.64. The van der Waals surface area contributed by atoms with Crippen molar-refractivity contribution in [2.24, 2.45) is 7.05 Å². The number of nitrogens with zero attached hydrogens (tertiary/aromatic N) is 7. The van der Waals surface area contributed by atoms with Crippen molar-refractivity contribution in [3.8, 4) is 5.88 Å². The maximum absolute atomic E-state index is 14.0. The number of hydrogen-bond donors (Lipinski definition) is 1. The molecule has 1 aromatic carbocycles. The SMILES string of the molecule is COc1nc(N2C[C@H]3C[C@@H]2CN3)cc2c1c(=O)n(Cc1ncn(C)n1)c(=O)n2Cc1cc(F)c(F)c(F)c1. The summed E-state index contributed by atoms with van der Waals surface area (Å²) in [7, 11) is 3.01. The minimum absolute atomic E-state index is 0.00572. The summed E-state index contributed by atoms with van der Waals surface area (Å²) in [4.78, 5) is 38.1. The number of fused-ring (bicyclic) bond motifs is 3. The molecule has 2 fully saturated rings. The Morgan fingerprint density at radius 1 is 1.11 bits per heavy atom. The number of halogens is 3. The Bertz CT molecular complexity index is 1670. The Hall–Kier alpha value is -4.20. The highest BCUT2D eigenvalue weighted by Gasteiger charge is 2.38. The van der Waals surface area contributed by atoms with Gasteiger partial charge in [-0.25, -0.2) is 22.9 Å². The van der Waals surface area contributed by atoms with Crippen molar-refractivity contribution in [1.82, 2.24) is 34.2 Å². The Kier molecular flexibility index (Phi) is 5.70. The van der Waals surface area contributed by atoms with Crippen molar-refractivity contribution in [2.45, 2.75) is 31.6 Å². The van der Waals surface area contributed by atoms with E-state index in [0.29, 0.717) is 18.4 Å². The van der Waals surface area contributed by atoms with E-state index in [1.54, 1.807) is 13.1 Å². The van der Waals surface area contributed by atoms with E-state index in [9.17, 15) is 22.8 Å². The molecule has 11 nitrogen and oxygen atoms in total. The number of methoxy groups -OCH3 is 1. The molecular weight excluding hydrogens is 505 g/mol. The van der Waals surface area contributed by atoms with Crippen LogP contribution in [-0.2, 0) is 20.1 Å². The van der Waals surface area contributed by atoms with Gasteiger partial charge in [0.1, 0.15) is 17.5 Å². The number of aryl methyl sites for hydroxylation is 1. The van der Waals surface area contributed by atoms with Crippen LogP contribution >= 0.6 is 0 Å². The van der Waals surface area contributed by atoms with Crippen LogP contribution in [0.2, 0.25) is 0 Å². The average molecular weight is 528 g/mol. The largest absolute Gasteiger partial charge is 0.480 e. The third-order valence-corrected chi connectivity index (χ3v) is 7.04. The second-order valence-corrected chi connectivity index (χ2v) is 9.50. The van der Waals surface area contributed by atoms with Gasteiger partial charge in [0.15, 0.2) is 23.3 Å². The van der Waals surface area contributed by atoms with Crippen LogP contribution in [0.25, 0.3) is 10.9 Å². The lowest BCUT2D eigenvalue weighted by Gasteiger charge is -2.29. The highest BCUT2D eigenvalue weighted by molar-refractivity contribution is 5.86. The number of nitrogens with one attached hydrogen (secondary N) is 1. The molecular formula is C24H23F3N8O3. The zero-order valence-electron chi connectivity index (χ0n) is 20.5. The van der Waals surface area contributed by atoms with Crippen molar-refractivity contribution >= 4 is 16.7 Å². The molecule has 4 aromatic rings. The normalized spacial score (nSPS) is 18.6. The Labute approximate surface area is 213 Å². The summed E-state index contributed by atoms with van der Waals surface area (Å²) >= 11 is 0. The lowest BCUT2D eigenvalue weighted by atomic mass is 10.2. The van der Waals surface area contributed by atoms with E-state index < -0.39 is 28.7 Å². The number of rotatable bonds is 6. The zero-order valence-corrected chi connectivity index (χ0v) is 20.5. The van der Waals surface area contributed by atoms with Crippen molar-refractivity contribution in [3.05, 3.63) is 74.2 Å². The first-order valence-electron chi connectivity index (χ1n) is 11.9. The minimum atomic E-state index is -1.61. The summed E-state index contributed by atoms with van der Waals surface area (Å²) < 4.78 is 50.8. The molecule has 0 aliphatic carbocycles. The molecule has 14 heteroatoms. The molecule has 2 bridgehead atoms. The molecule has 2 saturated heterocycles. The molecule has 0 amide bonds. The van der Waals surface area contributed by atoms with Crippen LogP contribution in [0.15, 0.2) is 34.1 Å². The second-order valence-electron chi connectivity index (χ2n) is 9.50. The van der Waals surface area contributed by atoms with Crippen LogP contribution in [0.4, 0.5) is 19.0 Å². The summed E-state index contributed by atoms with van der Waals surface area (Å²) in [5.74, 6) is -3.65. The van der Waals surface area contributed by atoms with Crippen molar-refractivity contribution < 1.29 is 17.9 Å². The molecule has 5 heterocycles. The van der Waals surface area contributed by atoms with Crippen LogP contribution in [0.1, 0.15) is 17.8 Å². The molecule has 3 aromatic heterocycles. The van der Waals surface area contributed by atoms with Crippen LogP contribution < -0.4 is 26.2 Å². The van der Waals surface area contributed by atoms with Gasteiger partial charge in [-0.3, -0.25) is 18.6 Å². The minimum Gasteiger partial charge on any atom is -0.480 e. The van der Waals surface area contributed by atoms with E-state index in [-0.39, 0.29) is 47.3 Å². The predicted octanol–water partition coefficient (Wildman–Crippen LogP) is 0.760. The number of ether oxygens (including phenoxy) is 1. The van der Waals surface area contributed by atoms with E-state index in [0.717, 1.165) is 29.7 Å². The predicted molar refractivity (Wildman–Crippen MR) is 130 cm³/mol. The Balaban J connectivity index is 1.58. The number of benzene rings is 1. The zero-order chi connectivity index (χ0) is 26.7. The lowest BCUT2D eigenvalue weighted by molar-refractivity contribution is 0.401. The first kappa shape index (κ1) is 24.2. The topological polar surface area (TPSA) is 112 Å². The van der Waals surface area contributed by atoms with E-state index in [1.165, 1.54) is 22.7 Å². The summed E-state index contributed by atoms with van der Waals surface area (Å²) in [6, 6.07) is 3.73. The maximum Gasteiger partial charge on any atom is 0.332 e. The smallest absolute Gasteiger partial charge is 0.332 e. The van der Waals surface area contributed by atoms with E-state index in [1.807, 2.05) is 0 Å². The fourth-order valence-corrected chi connectivity index (χ4v) is 5.29. The molecule has 0 unspecified atom stereocenters. The molecule has 1 N–H and O–H groups in total. The number of piperazine rings is 1. The molecule has 0 radical (unpaired) electrons. The van der Waals surface area contributed by atoms with Gasteiger partial charge in [0.05, 0.1) is 25.7 Å². The highest BCUT2D eigenvalue weighted by atomic mass is 19.2. The number of pyridine rings is 1. The number of hydrogen-bond acceptors (Lipinski definition) is 8. The van der Waals surface area contributed by atoms with Gasteiger partial charge in [-0.1, -0.05) is 0 Å². The molecule has 0 spiro atoms. The first-order chi connectivity index (χ1) is 18.2. The van der Waals surface area contributed by atoms with Gasteiger partial charge in [0, 0.05) is 38.3 Å². The molecule has 2 aliphatic heterocycles. The summed E-state index contributed by atoms with van der Waals surface area (Å²) in [5, 5.41) is 7.56. The quantitative estimate of drug-likeness (QED) is 0.365. The Morgan fingerprint density at radius 3 is 2.47 bits per heavy atom. The van der Waals surface area contributed by atoms with Crippen molar-refractivity contribution in [1.29, 1.82) is 0 Å². The number of anilines is 1. The van der Waals surface area contributed by atoms with Gasteiger partial charge in [-0.05, 0) is 24.1 Å². The third-order valence-electron chi connectivity index (χ3n) is 7.04. The van der Waals surface area contributed by atoms with Crippen molar-refractivity contribution in [3.63, 3.8) is 0 Å². The Morgan fingerprint density at radius 2 is 1.87 bits per heavy atom. The lowest BCUT2D eigenvalue weighted by Crippen LogP contribution is -2.44. The van der Waals surface area contributed by atoms with Crippen LogP contribution in [0.3, 0.4) is 0 Å². The fourth-order valence-electron chi connectivity index (χ4n) is 5.29. The van der Waals surface area contributed by atoms with Gasteiger partial charge in [-0.15, -0.1) is 0 Å². The van der Waals surface area contributed by atoms with Crippen LogP contribution in [0.5, 0.6) is 5.88 Å². The van der Waals surface area contributed by atoms with Gasteiger partial charge in [0.2, 0.25) is 5.88 Å². The van der Waals surface area contributed by atoms with Gasteiger partial charge >= 0.3 is 5.69 Å². The molecule has 6 rings (SSSR count). The third kappa shape index (κ3) is 3.91. The molecule has 0 saturated carbocycles. The second kappa shape index (κ2) is 8.97. The van der Waals surface area contributed by atoms with E-state index in [4.69, 9.17) is 4.74 Å². The van der Waals surface area contributed by atoms with E-state index >= 15 is 0 Å². The van der Waals surface area contributed by atoms with Crippen LogP contribution in [0, 0.1) is 17.5 Å². The summed E-state index contributed by atoms with van der Waals surface area (Å²) in [5.41, 5.74) is -1.27. The molecule has 2 atom stereocenters. The van der Waals surface area contributed by atoms with E-state index in [2.05, 4.69) is 25.3 Å². The molecule has 198 valence electrons. The van der Waals surface area contributed by atoms with Gasteiger partial charge in [-0.2, -0.15) is 10.1 Å².